The van der Waals surface area contributed by atoms with Crippen LogP contribution in [0.2, 0.25) is 0 Å². The zero-order chi connectivity index (χ0) is 14.8. The van der Waals surface area contributed by atoms with Gasteiger partial charge in [0.15, 0.2) is 5.11 Å². The Kier molecular flexibility index (Phi) is 7.65. The first kappa shape index (κ1) is 16.4. The highest BCUT2D eigenvalue weighted by molar-refractivity contribution is 7.80. The fraction of sp³-hybridized carbons (Fsp3) is 0.467. The Labute approximate surface area is 126 Å². The van der Waals surface area contributed by atoms with Crippen LogP contribution in [-0.2, 0) is 0 Å². The van der Waals surface area contributed by atoms with E-state index in [1.54, 1.807) is 6.21 Å². The van der Waals surface area contributed by atoms with Crippen molar-refractivity contribution in [2.24, 2.45) is 11.0 Å². The molecule has 0 fully saturated rings. The Morgan fingerprint density at radius 2 is 2.05 bits per heavy atom. The van der Waals surface area contributed by atoms with E-state index < -0.39 is 0 Å². The molecule has 0 atom stereocenters. The standard InChI is InChI=1S/C15H23N3OS/c1-4-16-15(20)18-17-11-13-5-7-14(8-6-13)19-10-9-12(2)3/h5-8,11-12H,4,9-10H2,1-3H3,(H2,16,18,20). The smallest absolute Gasteiger partial charge is 0.186 e. The Bertz CT molecular complexity index is 429. The summed E-state index contributed by atoms with van der Waals surface area (Å²) in [5.74, 6) is 1.55. The number of ether oxygens (including phenoxy) is 1. The molecule has 0 heterocycles. The van der Waals surface area contributed by atoms with E-state index in [-0.39, 0.29) is 0 Å². The van der Waals surface area contributed by atoms with Crippen LogP contribution in [0.5, 0.6) is 5.75 Å². The van der Waals surface area contributed by atoms with Gasteiger partial charge in [-0.25, -0.2) is 0 Å². The van der Waals surface area contributed by atoms with Crippen molar-refractivity contribution < 1.29 is 4.74 Å². The first-order chi connectivity index (χ1) is 9.61. The summed E-state index contributed by atoms with van der Waals surface area (Å²) in [6.45, 7) is 7.89. The fourth-order valence-corrected chi connectivity index (χ4v) is 1.63. The number of nitrogens with one attached hydrogen (secondary N) is 2. The van der Waals surface area contributed by atoms with Crippen molar-refractivity contribution in [3.63, 3.8) is 0 Å². The van der Waals surface area contributed by atoms with Crippen LogP contribution in [-0.4, -0.2) is 24.5 Å². The maximum atomic E-state index is 5.66. The molecule has 20 heavy (non-hydrogen) atoms. The molecule has 0 spiro atoms. The molecule has 2 N–H and O–H groups in total. The average molecular weight is 293 g/mol. The molecule has 1 rings (SSSR count). The molecule has 0 aromatic heterocycles. The van der Waals surface area contributed by atoms with E-state index in [0.29, 0.717) is 11.0 Å². The van der Waals surface area contributed by atoms with Crippen molar-refractivity contribution in [3.8, 4) is 5.75 Å². The molecular formula is C15H23N3OS. The van der Waals surface area contributed by atoms with Crippen LogP contribution >= 0.6 is 12.2 Å². The van der Waals surface area contributed by atoms with E-state index in [0.717, 1.165) is 30.9 Å². The minimum Gasteiger partial charge on any atom is -0.494 e. The predicted molar refractivity (Wildman–Crippen MR) is 88.4 cm³/mol. The molecule has 1 aromatic carbocycles. The number of thiocarbonyl (C=S) groups is 1. The van der Waals surface area contributed by atoms with Crippen molar-refractivity contribution in [1.29, 1.82) is 0 Å². The lowest BCUT2D eigenvalue weighted by Gasteiger charge is -2.08. The summed E-state index contributed by atoms with van der Waals surface area (Å²) in [5.41, 5.74) is 3.75. The third-order valence-electron chi connectivity index (χ3n) is 2.56. The predicted octanol–water partition coefficient (Wildman–Crippen LogP) is 2.93. The normalized spacial score (nSPS) is 10.8. The Hall–Kier alpha value is -1.62. The molecule has 4 nitrogen and oxygen atoms in total. The zero-order valence-corrected chi connectivity index (χ0v) is 13.2. The quantitative estimate of drug-likeness (QED) is 0.461. The third kappa shape index (κ3) is 7.09. The van der Waals surface area contributed by atoms with E-state index in [4.69, 9.17) is 17.0 Å². The second-order valence-electron chi connectivity index (χ2n) is 4.83. The minimum absolute atomic E-state index is 0.525. The van der Waals surface area contributed by atoms with Gasteiger partial charge in [0, 0.05) is 6.54 Å². The molecule has 0 radical (unpaired) electrons. The van der Waals surface area contributed by atoms with E-state index in [9.17, 15) is 0 Å². The number of hydrogen-bond donors (Lipinski definition) is 2. The highest BCUT2D eigenvalue weighted by Gasteiger charge is 1.97. The molecule has 0 aliphatic heterocycles. The van der Waals surface area contributed by atoms with Crippen LogP contribution in [0, 0.1) is 5.92 Å². The molecule has 0 bridgehead atoms. The lowest BCUT2D eigenvalue weighted by molar-refractivity contribution is 0.289. The van der Waals surface area contributed by atoms with Crippen molar-refractivity contribution in [2.75, 3.05) is 13.2 Å². The summed E-state index contributed by atoms with van der Waals surface area (Å²) < 4.78 is 5.66. The number of hydrazone groups is 1. The molecular weight excluding hydrogens is 270 g/mol. The summed E-state index contributed by atoms with van der Waals surface area (Å²) in [6, 6.07) is 7.83. The molecule has 0 saturated heterocycles. The van der Waals surface area contributed by atoms with E-state index in [2.05, 4.69) is 29.7 Å². The minimum atomic E-state index is 0.525. The summed E-state index contributed by atoms with van der Waals surface area (Å²) in [5, 5.41) is 7.54. The monoisotopic (exact) mass is 293 g/mol. The highest BCUT2D eigenvalue weighted by atomic mass is 32.1. The van der Waals surface area contributed by atoms with E-state index in [1.807, 2.05) is 31.2 Å². The van der Waals surface area contributed by atoms with Crippen LogP contribution in [0.1, 0.15) is 32.8 Å². The van der Waals surface area contributed by atoms with Gasteiger partial charge in [0.1, 0.15) is 5.75 Å². The van der Waals surface area contributed by atoms with Crippen LogP contribution < -0.4 is 15.5 Å². The molecule has 5 heteroatoms. The SMILES string of the molecule is CCNC(=S)NN=Cc1ccc(OCCC(C)C)cc1. The summed E-state index contributed by atoms with van der Waals surface area (Å²) in [6.07, 6.45) is 2.79. The second-order valence-corrected chi connectivity index (χ2v) is 5.24. The molecule has 0 aliphatic rings. The van der Waals surface area contributed by atoms with Gasteiger partial charge in [0.25, 0.3) is 0 Å². The molecule has 1 aromatic rings. The van der Waals surface area contributed by atoms with Crippen molar-refractivity contribution in [3.05, 3.63) is 29.8 Å². The fourth-order valence-electron chi connectivity index (χ4n) is 1.43. The molecule has 0 saturated carbocycles. The Balaban J connectivity index is 2.38. The van der Waals surface area contributed by atoms with Crippen molar-refractivity contribution in [1.82, 2.24) is 10.7 Å². The number of nitrogens with zero attached hydrogens (tertiary/aromatic N) is 1. The van der Waals surface area contributed by atoms with Crippen LogP contribution in [0.4, 0.5) is 0 Å². The van der Waals surface area contributed by atoms with Crippen LogP contribution in [0.15, 0.2) is 29.4 Å². The largest absolute Gasteiger partial charge is 0.494 e. The maximum absolute atomic E-state index is 5.66. The summed E-state index contributed by atoms with van der Waals surface area (Å²) in [7, 11) is 0. The van der Waals surface area contributed by atoms with Gasteiger partial charge in [-0.05, 0) is 61.3 Å². The second kappa shape index (κ2) is 9.31. The van der Waals surface area contributed by atoms with Gasteiger partial charge in [-0.3, -0.25) is 5.43 Å². The number of rotatable bonds is 7. The van der Waals surface area contributed by atoms with Crippen molar-refractivity contribution >= 4 is 23.5 Å². The van der Waals surface area contributed by atoms with Crippen molar-refractivity contribution in [2.45, 2.75) is 27.2 Å². The summed E-state index contributed by atoms with van der Waals surface area (Å²) in [4.78, 5) is 0. The molecule has 0 aliphatic carbocycles. The molecule has 110 valence electrons. The van der Waals surface area contributed by atoms with Gasteiger partial charge in [-0.15, -0.1) is 0 Å². The Morgan fingerprint density at radius 1 is 1.35 bits per heavy atom. The summed E-state index contributed by atoms with van der Waals surface area (Å²) >= 11 is 5.00. The zero-order valence-electron chi connectivity index (χ0n) is 12.3. The van der Waals surface area contributed by atoms with Gasteiger partial charge in [0.2, 0.25) is 0 Å². The topological polar surface area (TPSA) is 45.7 Å². The maximum Gasteiger partial charge on any atom is 0.186 e. The lowest BCUT2D eigenvalue weighted by atomic mass is 10.1. The van der Waals surface area contributed by atoms with Gasteiger partial charge >= 0.3 is 0 Å². The first-order valence-electron chi connectivity index (χ1n) is 6.91. The third-order valence-corrected chi connectivity index (χ3v) is 2.80. The van der Waals surface area contributed by atoms with Gasteiger partial charge < -0.3 is 10.1 Å². The lowest BCUT2D eigenvalue weighted by Crippen LogP contribution is -2.31. The van der Waals surface area contributed by atoms with Gasteiger partial charge in [0.05, 0.1) is 12.8 Å². The number of hydrogen-bond acceptors (Lipinski definition) is 3. The van der Waals surface area contributed by atoms with Gasteiger partial charge in [-0.2, -0.15) is 5.10 Å². The molecule has 0 unspecified atom stereocenters. The van der Waals surface area contributed by atoms with E-state index in [1.165, 1.54) is 0 Å². The highest BCUT2D eigenvalue weighted by Crippen LogP contribution is 2.12. The number of benzene rings is 1. The first-order valence-corrected chi connectivity index (χ1v) is 7.32. The average Bonchev–Trinajstić information content (AvgIpc) is 2.40. The van der Waals surface area contributed by atoms with Crippen LogP contribution in [0.3, 0.4) is 0 Å². The Morgan fingerprint density at radius 3 is 2.65 bits per heavy atom. The van der Waals surface area contributed by atoms with Crippen LogP contribution in [0.25, 0.3) is 0 Å². The van der Waals surface area contributed by atoms with Gasteiger partial charge in [-0.1, -0.05) is 13.8 Å². The molecule has 0 amide bonds. The van der Waals surface area contributed by atoms with E-state index >= 15 is 0 Å².